The number of methoxy groups -OCH3 is 1. The van der Waals surface area contributed by atoms with Gasteiger partial charge in [0, 0.05) is 15.7 Å². The summed E-state index contributed by atoms with van der Waals surface area (Å²) >= 11 is 11.8. The number of ether oxygens (including phenoxy) is 2. The standard InChI is InChI=1S/C20H15Cl2NO4/c1-26-18-7-13-5-3-2-4-12(13)6-17(18)20(25)27-11-19(24)23-16-9-14(21)8-15(22)10-16/h2-10H,11H2,1H3,(H,23,24). The van der Waals surface area contributed by atoms with E-state index in [0.717, 1.165) is 10.8 Å². The van der Waals surface area contributed by atoms with Crippen LogP contribution in [-0.4, -0.2) is 25.6 Å². The maximum Gasteiger partial charge on any atom is 0.342 e. The fourth-order valence-corrected chi connectivity index (χ4v) is 3.11. The number of anilines is 1. The van der Waals surface area contributed by atoms with Crippen LogP contribution in [0.15, 0.2) is 54.6 Å². The molecule has 0 saturated carbocycles. The first-order valence-corrected chi connectivity index (χ1v) is 8.71. The maximum absolute atomic E-state index is 12.4. The van der Waals surface area contributed by atoms with Crippen LogP contribution in [0.3, 0.4) is 0 Å². The molecule has 0 aromatic heterocycles. The molecule has 27 heavy (non-hydrogen) atoms. The van der Waals surface area contributed by atoms with E-state index in [2.05, 4.69) is 5.32 Å². The molecule has 3 aromatic carbocycles. The molecule has 0 bridgehead atoms. The molecule has 0 aliphatic rings. The van der Waals surface area contributed by atoms with Gasteiger partial charge in [0.1, 0.15) is 11.3 Å². The van der Waals surface area contributed by atoms with E-state index in [-0.39, 0.29) is 5.56 Å². The summed E-state index contributed by atoms with van der Waals surface area (Å²) in [6.45, 7) is -0.459. The lowest BCUT2D eigenvalue weighted by Crippen LogP contribution is -2.21. The number of nitrogens with one attached hydrogen (secondary N) is 1. The van der Waals surface area contributed by atoms with Crippen LogP contribution in [0.4, 0.5) is 5.69 Å². The van der Waals surface area contributed by atoms with Gasteiger partial charge in [0.05, 0.1) is 7.11 Å². The molecule has 0 saturated heterocycles. The second kappa shape index (κ2) is 8.29. The molecule has 7 heteroatoms. The van der Waals surface area contributed by atoms with Gasteiger partial charge >= 0.3 is 5.97 Å². The quantitative estimate of drug-likeness (QED) is 0.612. The molecule has 0 fully saturated rings. The molecule has 0 radical (unpaired) electrons. The number of carbonyl (C=O) groups is 2. The van der Waals surface area contributed by atoms with Crippen molar-refractivity contribution in [1.29, 1.82) is 0 Å². The Hall–Kier alpha value is -2.76. The number of rotatable bonds is 5. The third kappa shape index (κ3) is 4.70. The van der Waals surface area contributed by atoms with Crippen molar-refractivity contribution in [3.05, 3.63) is 70.2 Å². The van der Waals surface area contributed by atoms with Crippen LogP contribution in [0.25, 0.3) is 10.8 Å². The molecule has 5 nitrogen and oxygen atoms in total. The predicted molar refractivity (Wildman–Crippen MR) is 106 cm³/mol. The van der Waals surface area contributed by atoms with Crippen molar-refractivity contribution in [2.45, 2.75) is 0 Å². The highest BCUT2D eigenvalue weighted by Crippen LogP contribution is 2.27. The van der Waals surface area contributed by atoms with Gasteiger partial charge < -0.3 is 14.8 Å². The van der Waals surface area contributed by atoms with Crippen molar-refractivity contribution >= 4 is 51.5 Å². The number of amides is 1. The second-order valence-electron chi connectivity index (χ2n) is 5.68. The minimum Gasteiger partial charge on any atom is -0.496 e. The Balaban J connectivity index is 1.70. The van der Waals surface area contributed by atoms with Crippen molar-refractivity contribution < 1.29 is 19.1 Å². The monoisotopic (exact) mass is 403 g/mol. The highest BCUT2D eigenvalue weighted by atomic mass is 35.5. The average Bonchev–Trinajstić information content (AvgIpc) is 2.64. The molecule has 0 unspecified atom stereocenters. The summed E-state index contributed by atoms with van der Waals surface area (Å²) in [7, 11) is 1.47. The lowest BCUT2D eigenvalue weighted by Gasteiger charge is -2.11. The molecule has 138 valence electrons. The van der Waals surface area contributed by atoms with Crippen LogP contribution in [0.2, 0.25) is 10.0 Å². The summed E-state index contributed by atoms with van der Waals surface area (Å²) in [5.41, 5.74) is 0.659. The van der Waals surface area contributed by atoms with Gasteiger partial charge in [-0.15, -0.1) is 0 Å². The van der Waals surface area contributed by atoms with E-state index in [1.54, 1.807) is 30.3 Å². The molecular formula is C20H15Cl2NO4. The highest BCUT2D eigenvalue weighted by Gasteiger charge is 2.17. The first kappa shape index (κ1) is 19.0. The number of benzene rings is 3. The van der Waals surface area contributed by atoms with E-state index in [1.165, 1.54) is 7.11 Å². The summed E-state index contributed by atoms with van der Waals surface area (Å²) in [4.78, 5) is 24.4. The second-order valence-corrected chi connectivity index (χ2v) is 6.55. The van der Waals surface area contributed by atoms with Crippen LogP contribution in [0, 0.1) is 0 Å². The minimum absolute atomic E-state index is 0.245. The zero-order valence-corrected chi connectivity index (χ0v) is 15.8. The molecule has 0 atom stereocenters. The highest BCUT2D eigenvalue weighted by molar-refractivity contribution is 6.35. The Morgan fingerprint density at radius 2 is 1.59 bits per heavy atom. The van der Waals surface area contributed by atoms with E-state index >= 15 is 0 Å². The first-order chi connectivity index (χ1) is 13.0. The van der Waals surface area contributed by atoms with E-state index in [0.29, 0.717) is 21.5 Å². The van der Waals surface area contributed by atoms with Crippen molar-refractivity contribution in [2.75, 3.05) is 19.0 Å². The van der Waals surface area contributed by atoms with Gasteiger partial charge in [0.2, 0.25) is 0 Å². The van der Waals surface area contributed by atoms with Crippen LogP contribution < -0.4 is 10.1 Å². The fourth-order valence-electron chi connectivity index (χ4n) is 2.58. The van der Waals surface area contributed by atoms with Crippen molar-refractivity contribution in [1.82, 2.24) is 0 Å². The van der Waals surface area contributed by atoms with Crippen molar-refractivity contribution in [3.63, 3.8) is 0 Å². The minimum atomic E-state index is -0.656. The number of halogens is 2. The van der Waals surface area contributed by atoms with Gasteiger partial charge in [-0.2, -0.15) is 0 Å². The molecule has 3 aromatic rings. The Bertz CT molecular complexity index is 1000. The van der Waals surface area contributed by atoms with Gasteiger partial charge in [0.15, 0.2) is 6.61 Å². The smallest absolute Gasteiger partial charge is 0.342 e. The van der Waals surface area contributed by atoms with E-state index in [4.69, 9.17) is 32.7 Å². The fraction of sp³-hybridized carbons (Fsp3) is 0.100. The van der Waals surface area contributed by atoms with Crippen LogP contribution in [-0.2, 0) is 9.53 Å². The van der Waals surface area contributed by atoms with E-state index < -0.39 is 18.5 Å². The zero-order valence-electron chi connectivity index (χ0n) is 14.3. The normalized spacial score (nSPS) is 10.5. The van der Waals surface area contributed by atoms with E-state index in [9.17, 15) is 9.59 Å². The number of carbonyl (C=O) groups excluding carboxylic acids is 2. The first-order valence-electron chi connectivity index (χ1n) is 7.96. The van der Waals surface area contributed by atoms with Gasteiger partial charge in [-0.05, 0) is 41.1 Å². The summed E-state index contributed by atoms with van der Waals surface area (Å²) < 4.78 is 10.4. The molecule has 0 spiro atoms. The SMILES string of the molecule is COc1cc2ccccc2cc1C(=O)OCC(=O)Nc1cc(Cl)cc(Cl)c1. The predicted octanol–water partition coefficient (Wildman–Crippen LogP) is 4.95. The summed E-state index contributed by atoms with van der Waals surface area (Å²) in [5, 5.41) is 5.14. The largest absolute Gasteiger partial charge is 0.496 e. The maximum atomic E-state index is 12.4. The summed E-state index contributed by atoms with van der Waals surface area (Å²) in [6.07, 6.45) is 0. The number of fused-ring (bicyclic) bond motifs is 1. The molecule has 0 aliphatic carbocycles. The van der Waals surface area contributed by atoms with Gasteiger partial charge in [0.25, 0.3) is 5.91 Å². The summed E-state index contributed by atoms with van der Waals surface area (Å²) in [6, 6.07) is 15.6. The lowest BCUT2D eigenvalue weighted by atomic mass is 10.1. The van der Waals surface area contributed by atoms with Gasteiger partial charge in [-0.1, -0.05) is 47.5 Å². The summed E-state index contributed by atoms with van der Waals surface area (Å²) in [5.74, 6) is -0.793. The topological polar surface area (TPSA) is 64.6 Å². The molecular weight excluding hydrogens is 389 g/mol. The van der Waals surface area contributed by atoms with Crippen LogP contribution >= 0.6 is 23.2 Å². The Morgan fingerprint density at radius 3 is 2.22 bits per heavy atom. The molecule has 1 amide bonds. The number of hydrogen-bond acceptors (Lipinski definition) is 4. The van der Waals surface area contributed by atoms with Crippen molar-refractivity contribution in [3.8, 4) is 5.75 Å². The van der Waals surface area contributed by atoms with E-state index in [1.807, 2.05) is 24.3 Å². The van der Waals surface area contributed by atoms with Crippen LogP contribution in [0.5, 0.6) is 5.75 Å². The Kier molecular flexibility index (Phi) is 5.84. The van der Waals surface area contributed by atoms with Gasteiger partial charge in [-0.3, -0.25) is 4.79 Å². The molecule has 0 aliphatic heterocycles. The lowest BCUT2D eigenvalue weighted by molar-refractivity contribution is -0.119. The zero-order chi connectivity index (χ0) is 19.4. The van der Waals surface area contributed by atoms with Crippen LogP contribution in [0.1, 0.15) is 10.4 Å². The Morgan fingerprint density at radius 1 is 0.963 bits per heavy atom. The molecule has 1 N–H and O–H groups in total. The molecule has 0 heterocycles. The van der Waals surface area contributed by atoms with Gasteiger partial charge in [-0.25, -0.2) is 4.79 Å². The third-order valence-corrected chi connectivity index (χ3v) is 4.20. The molecule has 3 rings (SSSR count). The third-order valence-electron chi connectivity index (χ3n) is 3.77. The number of hydrogen-bond donors (Lipinski definition) is 1. The Labute approximate surface area is 165 Å². The average molecular weight is 404 g/mol. The van der Waals surface area contributed by atoms with Crippen molar-refractivity contribution in [2.24, 2.45) is 0 Å². The number of esters is 1.